The molecule has 1 aromatic carbocycles. The Morgan fingerprint density at radius 3 is 2.75 bits per heavy atom. The van der Waals surface area contributed by atoms with E-state index in [2.05, 4.69) is 44.3 Å². The van der Waals surface area contributed by atoms with E-state index in [0.717, 1.165) is 5.75 Å². The molecule has 0 amide bonds. The lowest BCUT2D eigenvalue weighted by Gasteiger charge is -2.16. The number of benzene rings is 1. The molecule has 1 aliphatic carbocycles. The van der Waals surface area contributed by atoms with Crippen molar-refractivity contribution in [2.24, 2.45) is 5.92 Å². The fraction of sp³-hybridized carbons (Fsp3) is 0.571. The summed E-state index contributed by atoms with van der Waals surface area (Å²) in [5.74, 6) is 1.66. The molecule has 1 aliphatic rings. The standard InChI is InChI=1S/C14H21NO/c1-9(2)16-12-6-5-11-7-10(3)14(15-4)13(11)8-12/h5-6,8-10,14-15H,7H2,1-4H3. The van der Waals surface area contributed by atoms with Gasteiger partial charge < -0.3 is 10.1 Å². The Morgan fingerprint density at radius 1 is 1.38 bits per heavy atom. The van der Waals surface area contributed by atoms with Crippen molar-refractivity contribution >= 4 is 0 Å². The Bertz CT molecular complexity index is 373. The van der Waals surface area contributed by atoms with Gasteiger partial charge >= 0.3 is 0 Å². The quantitative estimate of drug-likeness (QED) is 0.844. The second-order valence-electron chi connectivity index (χ2n) is 4.97. The first-order valence-corrected chi connectivity index (χ1v) is 6.08. The average molecular weight is 219 g/mol. The number of fused-ring (bicyclic) bond motifs is 1. The van der Waals surface area contributed by atoms with Gasteiger partial charge in [-0.3, -0.25) is 0 Å². The summed E-state index contributed by atoms with van der Waals surface area (Å²) in [4.78, 5) is 0. The van der Waals surface area contributed by atoms with Crippen molar-refractivity contribution in [3.63, 3.8) is 0 Å². The maximum Gasteiger partial charge on any atom is 0.120 e. The molecule has 88 valence electrons. The fourth-order valence-electron chi connectivity index (χ4n) is 2.61. The van der Waals surface area contributed by atoms with E-state index in [0.29, 0.717) is 12.0 Å². The molecule has 0 radical (unpaired) electrons. The minimum Gasteiger partial charge on any atom is -0.491 e. The van der Waals surface area contributed by atoms with Gasteiger partial charge in [0, 0.05) is 6.04 Å². The van der Waals surface area contributed by atoms with E-state index >= 15 is 0 Å². The van der Waals surface area contributed by atoms with Gasteiger partial charge in [-0.2, -0.15) is 0 Å². The van der Waals surface area contributed by atoms with Crippen molar-refractivity contribution in [3.05, 3.63) is 29.3 Å². The predicted octanol–water partition coefficient (Wildman–Crippen LogP) is 2.93. The SMILES string of the molecule is CNC1c2cc(OC(C)C)ccc2CC1C. The first kappa shape index (κ1) is 11.5. The molecule has 1 N–H and O–H groups in total. The van der Waals surface area contributed by atoms with Gasteiger partial charge in [0.15, 0.2) is 0 Å². The summed E-state index contributed by atoms with van der Waals surface area (Å²) in [5.41, 5.74) is 2.87. The Morgan fingerprint density at radius 2 is 2.12 bits per heavy atom. The highest BCUT2D eigenvalue weighted by atomic mass is 16.5. The highest BCUT2D eigenvalue weighted by molar-refractivity contribution is 5.41. The van der Waals surface area contributed by atoms with Crippen LogP contribution in [-0.4, -0.2) is 13.2 Å². The number of nitrogens with one attached hydrogen (secondary N) is 1. The van der Waals surface area contributed by atoms with Gasteiger partial charge in [-0.05, 0) is 56.5 Å². The van der Waals surface area contributed by atoms with Crippen molar-refractivity contribution in [1.29, 1.82) is 0 Å². The van der Waals surface area contributed by atoms with Crippen LogP contribution in [0.25, 0.3) is 0 Å². The van der Waals surface area contributed by atoms with Crippen LogP contribution in [0.2, 0.25) is 0 Å². The zero-order valence-corrected chi connectivity index (χ0v) is 10.6. The summed E-state index contributed by atoms with van der Waals surface area (Å²) in [5, 5.41) is 3.39. The van der Waals surface area contributed by atoms with Gasteiger partial charge in [0.2, 0.25) is 0 Å². The van der Waals surface area contributed by atoms with E-state index in [1.807, 2.05) is 7.05 Å². The second-order valence-corrected chi connectivity index (χ2v) is 4.97. The molecule has 2 nitrogen and oxygen atoms in total. The maximum atomic E-state index is 5.74. The fourth-order valence-corrected chi connectivity index (χ4v) is 2.61. The molecule has 0 fully saturated rings. The van der Waals surface area contributed by atoms with Crippen LogP contribution in [-0.2, 0) is 6.42 Å². The van der Waals surface area contributed by atoms with Crippen LogP contribution in [0.3, 0.4) is 0 Å². The van der Waals surface area contributed by atoms with Gasteiger partial charge in [-0.1, -0.05) is 13.0 Å². The molecule has 0 saturated carbocycles. The van der Waals surface area contributed by atoms with Crippen LogP contribution in [0.15, 0.2) is 18.2 Å². The minimum absolute atomic E-state index is 0.241. The van der Waals surface area contributed by atoms with Crippen LogP contribution < -0.4 is 10.1 Å². The molecule has 0 spiro atoms. The average Bonchev–Trinajstić information content (AvgIpc) is 2.52. The number of ether oxygens (including phenoxy) is 1. The van der Waals surface area contributed by atoms with E-state index in [4.69, 9.17) is 4.74 Å². The van der Waals surface area contributed by atoms with Crippen molar-refractivity contribution in [3.8, 4) is 5.75 Å². The number of hydrogen-bond donors (Lipinski definition) is 1. The number of hydrogen-bond acceptors (Lipinski definition) is 2. The Hall–Kier alpha value is -1.02. The Kier molecular flexibility index (Phi) is 3.20. The van der Waals surface area contributed by atoms with Crippen LogP contribution in [0, 0.1) is 5.92 Å². The summed E-state index contributed by atoms with van der Waals surface area (Å²) in [6.07, 6.45) is 1.41. The molecular weight excluding hydrogens is 198 g/mol. The Labute approximate surface area is 98.0 Å². The molecule has 0 bridgehead atoms. The summed E-state index contributed by atoms with van der Waals surface area (Å²) in [7, 11) is 2.03. The topological polar surface area (TPSA) is 21.3 Å². The third-order valence-corrected chi connectivity index (χ3v) is 3.25. The van der Waals surface area contributed by atoms with Gasteiger partial charge in [-0.15, -0.1) is 0 Å². The van der Waals surface area contributed by atoms with Gasteiger partial charge in [0.1, 0.15) is 5.75 Å². The first-order chi connectivity index (χ1) is 7.61. The van der Waals surface area contributed by atoms with Gasteiger partial charge in [0.25, 0.3) is 0 Å². The summed E-state index contributed by atoms with van der Waals surface area (Å²) >= 11 is 0. The molecule has 1 aromatic rings. The van der Waals surface area contributed by atoms with Crippen molar-refractivity contribution in [2.75, 3.05) is 7.05 Å². The van der Waals surface area contributed by atoms with Crippen molar-refractivity contribution in [2.45, 2.75) is 39.3 Å². The van der Waals surface area contributed by atoms with Crippen LogP contribution in [0.4, 0.5) is 0 Å². The van der Waals surface area contributed by atoms with E-state index in [-0.39, 0.29) is 6.10 Å². The lowest BCUT2D eigenvalue weighted by Crippen LogP contribution is -2.19. The van der Waals surface area contributed by atoms with Gasteiger partial charge in [-0.25, -0.2) is 0 Å². The molecule has 2 atom stereocenters. The van der Waals surface area contributed by atoms with E-state index < -0.39 is 0 Å². The molecule has 2 unspecified atom stereocenters. The van der Waals surface area contributed by atoms with Crippen LogP contribution in [0.5, 0.6) is 5.75 Å². The smallest absolute Gasteiger partial charge is 0.120 e. The normalized spacial score (nSPS) is 23.6. The zero-order valence-electron chi connectivity index (χ0n) is 10.6. The molecule has 0 aromatic heterocycles. The second kappa shape index (κ2) is 4.46. The highest BCUT2D eigenvalue weighted by Gasteiger charge is 2.28. The highest BCUT2D eigenvalue weighted by Crippen LogP contribution is 2.37. The lowest BCUT2D eigenvalue weighted by atomic mass is 10.0. The van der Waals surface area contributed by atoms with Crippen molar-refractivity contribution < 1.29 is 4.74 Å². The lowest BCUT2D eigenvalue weighted by molar-refractivity contribution is 0.242. The number of rotatable bonds is 3. The molecule has 2 rings (SSSR count). The Balaban J connectivity index is 2.28. The first-order valence-electron chi connectivity index (χ1n) is 6.08. The molecular formula is C14H21NO. The molecule has 2 heteroatoms. The largest absolute Gasteiger partial charge is 0.491 e. The van der Waals surface area contributed by atoms with Crippen molar-refractivity contribution in [1.82, 2.24) is 5.32 Å². The maximum absolute atomic E-state index is 5.74. The van der Waals surface area contributed by atoms with Crippen LogP contribution in [0.1, 0.15) is 37.9 Å². The summed E-state index contributed by atoms with van der Waals surface area (Å²) < 4.78 is 5.74. The van der Waals surface area contributed by atoms with Gasteiger partial charge in [0.05, 0.1) is 6.10 Å². The zero-order chi connectivity index (χ0) is 11.7. The van der Waals surface area contributed by atoms with E-state index in [9.17, 15) is 0 Å². The molecule has 0 heterocycles. The predicted molar refractivity (Wildman–Crippen MR) is 66.9 cm³/mol. The summed E-state index contributed by atoms with van der Waals surface area (Å²) in [6.45, 7) is 6.42. The third kappa shape index (κ3) is 2.07. The molecule has 0 saturated heterocycles. The van der Waals surface area contributed by atoms with E-state index in [1.54, 1.807) is 0 Å². The van der Waals surface area contributed by atoms with E-state index in [1.165, 1.54) is 17.5 Å². The van der Waals surface area contributed by atoms with Crippen LogP contribution >= 0.6 is 0 Å². The molecule has 0 aliphatic heterocycles. The molecule has 16 heavy (non-hydrogen) atoms. The monoisotopic (exact) mass is 219 g/mol. The minimum atomic E-state index is 0.241. The summed E-state index contributed by atoms with van der Waals surface area (Å²) in [6, 6.07) is 6.97. The third-order valence-electron chi connectivity index (χ3n) is 3.25.